The van der Waals surface area contributed by atoms with E-state index in [1.807, 2.05) is 27.1 Å². The first-order valence-electron chi connectivity index (χ1n) is 7.68. The number of aromatic nitrogens is 3. The second kappa shape index (κ2) is 6.56. The predicted octanol–water partition coefficient (Wildman–Crippen LogP) is 3.50. The fourth-order valence-electron chi connectivity index (χ4n) is 2.48. The molecule has 0 bridgehead atoms. The van der Waals surface area contributed by atoms with Gasteiger partial charge in [-0.2, -0.15) is 5.10 Å². The third-order valence-corrected chi connectivity index (χ3v) is 4.78. The van der Waals surface area contributed by atoms with Gasteiger partial charge in [-0.25, -0.2) is 4.98 Å². The second-order valence-corrected chi connectivity index (χ2v) is 6.84. The zero-order chi connectivity index (χ0) is 18.1. The molecule has 0 aliphatic heterocycles. The van der Waals surface area contributed by atoms with E-state index in [0.717, 1.165) is 16.9 Å². The summed E-state index contributed by atoms with van der Waals surface area (Å²) in [5.41, 5.74) is 3.86. The van der Waals surface area contributed by atoms with Gasteiger partial charge in [0.25, 0.3) is 5.91 Å². The van der Waals surface area contributed by atoms with Crippen molar-refractivity contribution in [1.82, 2.24) is 14.8 Å². The largest absolute Gasteiger partial charge is 0.508 e. The summed E-state index contributed by atoms with van der Waals surface area (Å²) in [5, 5.41) is 20.7. The Hall–Kier alpha value is -2.87. The summed E-state index contributed by atoms with van der Waals surface area (Å²) >= 11 is 1.26. The summed E-state index contributed by atoms with van der Waals surface area (Å²) in [7, 11) is 1.85. The molecule has 2 aromatic heterocycles. The van der Waals surface area contributed by atoms with E-state index in [0.29, 0.717) is 21.3 Å². The number of aromatic hydroxyl groups is 1. The highest BCUT2D eigenvalue weighted by molar-refractivity contribution is 7.17. The van der Waals surface area contributed by atoms with Crippen LogP contribution in [0, 0.1) is 20.8 Å². The van der Waals surface area contributed by atoms with Crippen molar-refractivity contribution in [2.45, 2.75) is 20.8 Å². The van der Waals surface area contributed by atoms with E-state index < -0.39 is 0 Å². The number of anilines is 3. The van der Waals surface area contributed by atoms with E-state index in [4.69, 9.17) is 0 Å². The van der Waals surface area contributed by atoms with Gasteiger partial charge < -0.3 is 15.7 Å². The van der Waals surface area contributed by atoms with E-state index in [1.165, 1.54) is 17.5 Å². The van der Waals surface area contributed by atoms with Crippen molar-refractivity contribution < 1.29 is 9.90 Å². The van der Waals surface area contributed by atoms with Gasteiger partial charge in [-0.3, -0.25) is 9.48 Å². The standard InChI is InChI=1S/C17H19N5O2S/c1-9-5-6-13(23)10(2)15(9)20-16(24)14-7-18-17(25-14)19-12-8-22(4)21-11(12)3/h5-8,23H,1-4H3,(H,18,19)(H,20,24). The number of carbonyl (C=O) groups is 1. The van der Waals surface area contributed by atoms with Gasteiger partial charge in [0.2, 0.25) is 0 Å². The molecule has 3 N–H and O–H groups in total. The summed E-state index contributed by atoms with van der Waals surface area (Å²) in [6.07, 6.45) is 3.39. The van der Waals surface area contributed by atoms with Crippen LogP contribution in [0.4, 0.5) is 16.5 Å². The van der Waals surface area contributed by atoms with Crippen LogP contribution in [0.5, 0.6) is 5.75 Å². The highest BCUT2D eigenvalue weighted by Crippen LogP contribution is 2.29. The predicted molar refractivity (Wildman–Crippen MR) is 98.9 cm³/mol. The molecular formula is C17H19N5O2S. The summed E-state index contributed by atoms with van der Waals surface area (Å²) in [6, 6.07) is 3.38. The lowest BCUT2D eigenvalue weighted by Crippen LogP contribution is -2.12. The van der Waals surface area contributed by atoms with Gasteiger partial charge in [-0.05, 0) is 32.4 Å². The molecule has 0 atom stereocenters. The van der Waals surface area contributed by atoms with Gasteiger partial charge >= 0.3 is 0 Å². The minimum atomic E-state index is -0.259. The molecular weight excluding hydrogens is 338 g/mol. The van der Waals surface area contributed by atoms with E-state index in [9.17, 15) is 9.90 Å². The van der Waals surface area contributed by atoms with Crippen molar-refractivity contribution in [2.24, 2.45) is 7.05 Å². The Morgan fingerprint density at radius 1 is 1.28 bits per heavy atom. The van der Waals surface area contributed by atoms with Gasteiger partial charge in [0.15, 0.2) is 5.13 Å². The van der Waals surface area contributed by atoms with E-state index in [-0.39, 0.29) is 11.7 Å². The van der Waals surface area contributed by atoms with E-state index in [1.54, 1.807) is 23.7 Å². The molecule has 7 nitrogen and oxygen atoms in total. The molecule has 0 saturated carbocycles. The lowest BCUT2D eigenvalue weighted by Gasteiger charge is -2.11. The van der Waals surface area contributed by atoms with Crippen molar-refractivity contribution in [3.63, 3.8) is 0 Å². The van der Waals surface area contributed by atoms with Gasteiger partial charge in [-0.15, -0.1) is 0 Å². The zero-order valence-corrected chi connectivity index (χ0v) is 15.2. The maximum atomic E-state index is 12.5. The molecule has 130 valence electrons. The van der Waals surface area contributed by atoms with Gasteiger partial charge in [0, 0.05) is 18.8 Å². The first-order chi connectivity index (χ1) is 11.8. The molecule has 0 aliphatic carbocycles. The van der Waals surface area contributed by atoms with Crippen molar-refractivity contribution >= 4 is 33.8 Å². The molecule has 0 fully saturated rings. The number of aryl methyl sites for hydroxylation is 3. The van der Waals surface area contributed by atoms with Crippen molar-refractivity contribution in [3.05, 3.63) is 46.2 Å². The molecule has 0 unspecified atom stereocenters. The smallest absolute Gasteiger partial charge is 0.267 e. The Balaban J connectivity index is 1.77. The van der Waals surface area contributed by atoms with Gasteiger partial charge in [0.05, 0.1) is 23.3 Å². The molecule has 8 heteroatoms. The molecule has 0 aliphatic rings. The molecule has 1 amide bonds. The Morgan fingerprint density at radius 2 is 2.04 bits per heavy atom. The van der Waals surface area contributed by atoms with Crippen LogP contribution in [0.1, 0.15) is 26.5 Å². The fraction of sp³-hybridized carbons (Fsp3) is 0.235. The van der Waals surface area contributed by atoms with Crippen LogP contribution in [0.15, 0.2) is 24.5 Å². The molecule has 0 spiro atoms. The second-order valence-electron chi connectivity index (χ2n) is 5.81. The zero-order valence-electron chi connectivity index (χ0n) is 14.4. The minimum Gasteiger partial charge on any atom is -0.508 e. The maximum absolute atomic E-state index is 12.5. The number of thiazole rings is 1. The first kappa shape index (κ1) is 17.0. The van der Waals surface area contributed by atoms with Gasteiger partial charge in [-0.1, -0.05) is 17.4 Å². The number of phenols is 1. The van der Waals surface area contributed by atoms with Crippen LogP contribution in [-0.4, -0.2) is 25.8 Å². The highest BCUT2D eigenvalue weighted by Gasteiger charge is 2.15. The number of hydrogen-bond donors (Lipinski definition) is 3. The lowest BCUT2D eigenvalue weighted by atomic mass is 10.1. The van der Waals surface area contributed by atoms with Crippen LogP contribution < -0.4 is 10.6 Å². The normalized spacial score (nSPS) is 10.7. The SMILES string of the molecule is Cc1ccc(O)c(C)c1NC(=O)c1cnc(Nc2cn(C)nc2C)s1. The molecule has 3 rings (SSSR count). The molecule has 1 aromatic carbocycles. The van der Waals surface area contributed by atoms with Gasteiger partial charge in [0.1, 0.15) is 10.6 Å². The van der Waals surface area contributed by atoms with Crippen molar-refractivity contribution in [1.29, 1.82) is 0 Å². The summed E-state index contributed by atoms with van der Waals surface area (Å²) in [4.78, 5) is 17.2. The lowest BCUT2D eigenvalue weighted by molar-refractivity contribution is 0.103. The quantitative estimate of drug-likeness (QED) is 0.665. The maximum Gasteiger partial charge on any atom is 0.267 e. The van der Waals surface area contributed by atoms with Crippen molar-refractivity contribution in [2.75, 3.05) is 10.6 Å². The van der Waals surface area contributed by atoms with E-state index in [2.05, 4.69) is 20.7 Å². The molecule has 25 heavy (non-hydrogen) atoms. The summed E-state index contributed by atoms with van der Waals surface area (Å²) in [5.74, 6) is -0.107. The van der Waals surface area contributed by atoms with Crippen LogP contribution in [-0.2, 0) is 7.05 Å². The number of amides is 1. The molecule has 0 saturated heterocycles. The Labute approximate surface area is 149 Å². The summed E-state index contributed by atoms with van der Waals surface area (Å²) in [6.45, 7) is 5.55. The number of nitrogens with one attached hydrogen (secondary N) is 2. The highest BCUT2D eigenvalue weighted by atomic mass is 32.1. The number of phenolic OH excluding ortho intramolecular Hbond substituents is 1. The minimum absolute atomic E-state index is 0.152. The fourth-order valence-corrected chi connectivity index (χ4v) is 3.20. The average Bonchev–Trinajstić information content (AvgIpc) is 3.14. The Bertz CT molecular complexity index is 945. The van der Waals surface area contributed by atoms with Crippen LogP contribution in [0.3, 0.4) is 0 Å². The summed E-state index contributed by atoms with van der Waals surface area (Å²) < 4.78 is 1.71. The van der Waals surface area contributed by atoms with E-state index >= 15 is 0 Å². The number of nitrogens with zero attached hydrogens (tertiary/aromatic N) is 3. The van der Waals surface area contributed by atoms with Crippen molar-refractivity contribution in [3.8, 4) is 5.75 Å². The monoisotopic (exact) mass is 357 g/mol. The Morgan fingerprint density at radius 3 is 2.72 bits per heavy atom. The van der Waals surface area contributed by atoms with Crippen LogP contribution in [0.25, 0.3) is 0 Å². The third kappa shape index (κ3) is 3.48. The number of benzene rings is 1. The number of carbonyl (C=O) groups excluding carboxylic acids is 1. The van der Waals surface area contributed by atoms with Crippen LogP contribution in [0.2, 0.25) is 0 Å². The molecule has 2 heterocycles. The molecule has 3 aromatic rings. The van der Waals surface area contributed by atoms with Crippen LogP contribution >= 0.6 is 11.3 Å². The number of rotatable bonds is 4. The first-order valence-corrected chi connectivity index (χ1v) is 8.50. The number of hydrogen-bond acceptors (Lipinski definition) is 6. The Kier molecular flexibility index (Phi) is 4.45. The average molecular weight is 357 g/mol. The third-order valence-electron chi connectivity index (χ3n) is 3.87. The molecule has 0 radical (unpaired) electrons. The topological polar surface area (TPSA) is 92.1 Å².